The van der Waals surface area contributed by atoms with Gasteiger partial charge in [0, 0.05) is 22.4 Å². The van der Waals surface area contributed by atoms with E-state index in [0.29, 0.717) is 17.9 Å². The number of rotatable bonds is 4. The van der Waals surface area contributed by atoms with E-state index in [4.69, 9.17) is 9.88 Å². The fourth-order valence-electron chi connectivity index (χ4n) is 1.93. The Balaban J connectivity index is 2.24. The first kappa shape index (κ1) is 15.9. The molecule has 0 saturated heterocycles. The van der Waals surface area contributed by atoms with E-state index >= 15 is 0 Å². The Morgan fingerprint density at radius 2 is 1.95 bits per heavy atom. The van der Waals surface area contributed by atoms with Gasteiger partial charge in [-0.25, -0.2) is 13.6 Å². The smallest absolute Gasteiger partial charge is 0.238 e. The average Bonchev–Trinajstić information content (AvgIpc) is 2.39. The molecule has 0 bridgehead atoms. The third-order valence-corrected chi connectivity index (χ3v) is 4.64. The topological polar surface area (TPSA) is 82.3 Å². The zero-order valence-corrected chi connectivity index (χ0v) is 14.0. The largest absolute Gasteiger partial charge is 0.489 e. The number of nitrogens with two attached hydrogens (primary N) is 1. The molecule has 112 valence electrons. The van der Waals surface area contributed by atoms with Gasteiger partial charge < -0.3 is 4.74 Å². The minimum Gasteiger partial charge on any atom is -0.489 e. The Kier molecular flexibility index (Phi) is 4.65. The van der Waals surface area contributed by atoms with Crippen LogP contribution in [0.4, 0.5) is 0 Å². The summed E-state index contributed by atoms with van der Waals surface area (Å²) in [6.45, 7) is 3.86. The van der Waals surface area contributed by atoms with Crippen LogP contribution in [0.2, 0.25) is 0 Å². The van der Waals surface area contributed by atoms with Crippen LogP contribution in [0.3, 0.4) is 0 Å². The van der Waals surface area contributed by atoms with Gasteiger partial charge in [-0.2, -0.15) is 0 Å². The molecule has 0 radical (unpaired) electrons. The Morgan fingerprint density at radius 3 is 2.57 bits per heavy atom. The molecule has 21 heavy (non-hydrogen) atoms. The normalized spacial score (nSPS) is 11.4. The van der Waals surface area contributed by atoms with Crippen LogP contribution < -0.4 is 9.88 Å². The number of halogens is 1. The molecule has 0 aliphatic rings. The van der Waals surface area contributed by atoms with E-state index in [1.54, 1.807) is 32.3 Å². The van der Waals surface area contributed by atoms with Crippen molar-refractivity contribution >= 4 is 26.0 Å². The Labute approximate surface area is 132 Å². The Hall–Kier alpha value is -1.44. The van der Waals surface area contributed by atoms with E-state index in [1.807, 2.05) is 6.07 Å². The quantitative estimate of drug-likeness (QED) is 0.896. The van der Waals surface area contributed by atoms with Crippen LogP contribution in [-0.4, -0.2) is 13.4 Å². The summed E-state index contributed by atoms with van der Waals surface area (Å²) in [4.78, 5) is 4.18. The first-order valence-corrected chi connectivity index (χ1v) is 8.48. The van der Waals surface area contributed by atoms with Gasteiger partial charge in [-0.3, -0.25) is 4.98 Å². The lowest BCUT2D eigenvalue weighted by atomic mass is 10.1. The van der Waals surface area contributed by atoms with E-state index in [-0.39, 0.29) is 4.90 Å². The number of hydrogen-bond acceptors (Lipinski definition) is 4. The lowest BCUT2D eigenvalue weighted by Crippen LogP contribution is -2.14. The highest BCUT2D eigenvalue weighted by Crippen LogP contribution is 2.27. The molecule has 1 heterocycles. The molecule has 2 rings (SSSR count). The highest BCUT2D eigenvalue weighted by molar-refractivity contribution is 9.10. The molecule has 1 aromatic carbocycles. The lowest BCUT2D eigenvalue weighted by molar-refractivity contribution is 0.303. The summed E-state index contributed by atoms with van der Waals surface area (Å²) in [5.74, 6) is 0.625. The van der Waals surface area contributed by atoms with Gasteiger partial charge in [0.1, 0.15) is 12.4 Å². The molecule has 0 aliphatic heterocycles. The summed E-state index contributed by atoms with van der Waals surface area (Å²) in [7, 11) is -3.72. The summed E-state index contributed by atoms with van der Waals surface area (Å²) < 4.78 is 29.5. The molecule has 0 aliphatic carbocycles. The molecule has 0 amide bonds. The standard InChI is InChI=1S/C14H15BrN2O3S/c1-9-10(2)14(21(16,18)19)4-3-13(9)20-8-11-5-12(15)7-17-6-11/h3-7H,8H2,1-2H3,(H2,16,18,19). The van der Waals surface area contributed by atoms with E-state index in [9.17, 15) is 8.42 Å². The van der Waals surface area contributed by atoms with E-state index in [0.717, 1.165) is 15.6 Å². The van der Waals surface area contributed by atoms with Crippen LogP contribution in [0.25, 0.3) is 0 Å². The van der Waals surface area contributed by atoms with E-state index < -0.39 is 10.0 Å². The van der Waals surface area contributed by atoms with Crippen molar-refractivity contribution in [2.24, 2.45) is 5.14 Å². The van der Waals surface area contributed by atoms with Gasteiger partial charge >= 0.3 is 0 Å². The van der Waals surface area contributed by atoms with Gasteiger partial charge in [-0.05, 0) is 59.1 Å². The van der Waals surface area contributed by atoms with Gasteiger partial charge in [-0.15, -0.1) is 0 Å². The van der Waals surface area contributed by atoms with Crippen molar-refractivity contribution in [1.82, 2.24) is 4.98 Å². The monoisotopic (exact) mass is 370 g/mol. The number of ether oxygens (including phenoxy) is 1. The van der Waals surface area contributed by atoms with Crippen LogP contribution >= 0.6 is 15.9 Å². The Bertz CT molecular complexity index is 776. The second kappa shape index (κ2) is 6.13. The summed E-state index contributed by atoms with van der Waals surface area (Å²) in [5.41, 5.74) is 2.27. The third kappa shape index (κ3) is 3.81. The summed E-state index contributed by atoms with van der Waals surface area (Å²) in [5, 5.41) is 5.18. The SMILES string of the molecule is Cc1c(OCc2cncc(Br)c2)ccc(S(N)(=O)=O)c1C. The molecule has 2 aromatic rings. The van der Waals surface area contributed by atoms with Crippen LogP contribution in [-0.2, 0) is 16.6 Å². The number of pyridine rings is 1. The third-order valence-electron chi connectivity index (χ3n) is 3.15. The number of benzene rings is 1. The highest BCUT2D eigenvalue weighted by atomic mass is 79.9. The molecule has 5 nitrogen and oxygen atoms in total. The van der Waals surface area contributed by atoms with Crippen molar-refractivity contribution in [3.05, 3.63) is 51.8 Å². The van der Waals surface area contributed by atoms with Crippen LogP contribution in [0, 0.1) is 13.8 Å². The van der Waals surface area contributed by atoms with Crippen LogP contribution in [0.15, 0.2) is 40.0 Å². The van der Waals surface area contributed by atoms with E-state index in [1.165, 1.54) is 6.07 Å². The highest BCUT2D eigenvalue weighted by Gasteiger charge is 2.15. The molecule has 1 aromatic heterocycles. The lowest BCUT2D eigenvalue weighted by Gasteiger charge is -2.13. The second-order valence-corrected chi connectivity index (χ2v) is 7.10. The number of primary sulfonamides is 1. The van der Waals surface area contributed by atoms with Gasteiger partial charge in [-0.1, -0.05) is 0 Å². The van der Waals surface area contributed by atoms with Crippen molar-refractivity contribution in [3.8, 4) is 5.75 Å². The molecule has 7 heteroatoms. The number of nitrogens with zero attached hydrogens (tertiary/aromatic N) is 1. The summed E-state index contributed by atoms with van der Waals surface area (Å²) >= 11 is 3.35. The molecule has 0 spiro atoms. The summed E-state index contributed by atoms with van der Waals surface area (Å²) in [6.07, 6.45) is 3.41. The van der Waals surface area contributed by atoms with Gasteiger partial charge in [0.15, 0.2) is 0 Å². The maximum atomic E-state index is 11.5. The first-order chi connectivity index (χ1) is 9.79. The molecule has 0 unspecified atom stereocenters. The zero-order valence-electron chi connectivity index (χ0n) is 11.6. The average molecular weight is 371 g/mol. The van der Waals surface area contributed by atoms with Crippen molar-refractivity contribution in [2.75, 3.05) is 0 Å². The fourth-order valence-corrected chi connectivity index (χ4v) is 3.18. The number of hydrogen-bond donors (Lipinski definition) is 1. The number of aromatic nitrogens is 1. The molecular formula is C14H15BrN2O3S. The minimum atomic E-state index is -3.72. The predicted octanol–water partition coefficient (Wildman–Crippen LogP) is 2.69. The van der Waals surface area contributed by atoms with Gasteiger partial charge in [0.05, 0.1) is 4.90 Å². The zero-order chi connectivity index (χ0) is 15.6. The second-order valence-electron chi connectivity index (χ2n) is 4.66. The van der Waals surface area contributed by atoms with Crippen LogP contribution in [0.5, 0.6) is 5.75 Å². The Morgan fingerprint density at radius 1 is 1.24 bits per heavy atom. The van der Waals surface area contributed by atoms with Crippen molar-refractivity contribution < 1.29 is 13.2 Å². The van der Waals surface area contributed by atoms with Crippen molar-refractivity contribution in [1.29, 1.82) is 0 Å². The predicted molar refractivity (Wildman–Crippen MR) is 83.6 cm³/mol. The van der Waals surface area contributed by atoms with Gasteiger partial charge in [0.25, 0.3) is 0 Å². The van der Waals surface area contributed by atoms with E-state index in [2.05, 4.69) is 20.9 Å². The van der Waals surface area contributed by atoms with Gasteiger partial charge in [0.2, 0.25) is 10.0 Å². The van der Waals surface area contributed by atoms with Crippen LogP contribution in [0.1, 0.15) is 16.7 Å². The number of sulfonamides is 1. The molecule has 0 fully saturated rings. The maximum Gasteiger partial charge on any atom is 0.238 e. The molecular weight excluding hydrogens is 356 g/mol. The molecule has 0 atom stereocenters. The van der Waals surface area contributed by atoms with Crippen molar-refractivity contribution in [2.45, 2.75) is 25.3 Å². The maximum absolute atomic E-state index is 11.5. The molecule has 2 N–H and O–H groups in total. The molecule has 0 saturated carbocycles. The minimum absolute atomic E-state index is 0.122. The summed E-state index contributed by atoms with van der Waals surface area (Å²) in [6, 6.07) is 4.99. The first-order valence-electron chi connectivity index (χ1n) is 6.14. The van der Waals surface area contributed by atoms with Crippen molar-refractivity contribution in [3.63, 3.8) is 0 Å². The fraction of sp³-hybridized carbons (Fsp3) is 0.214.